The molecule has 4 heteroatoms. The van der Waals surface area contributed by atoms with Crippen molar-refractivity contribution in [2.75, 3.05) is 26.3 Å². The fourth-order valence-electron chi connectivity index (χ4n) is 2.25. The second kappa shape index (κ2) is 5.25. The maximum Gasteiger partial charge on any atom is 0.0897 e. The van der Waals surface area contributed by atoms with Crippen LogP contribution in [0.1, 0.15) is 24.0 Å². The minimum absolute atomic E-state index is 0.274. The van der Waals surface area contributed by atoms with Gasteiger partial charge in [0.15, 0.2) is 0 Å². The molecule has 1 N–H and O–H groups in total. The number of nitrogens with one attached hydrogen (secondary N) is 1. The molecule has 1 unspecified atom stereocenters. The van der Waals surface area contributed by atoms with E-state index in [-0.39, 0.29) is 5.41 Å². The Morgan fingerprint density at radius 2 is 2.50 bits per heavy atom. The van der Waals surface area contributed by atoms with Crippen LogP contribution in [0.2, 0.25) is 0 Å². The van der Waals surface area contributed by atoms with Crippen molar-refractivity contribution in [2.45, 2.75) is 26.7 Å². The summed E-state index contributed by atoms with van der Waals surface area (Å²) in [6.07, 6.45) is 2.20. The van der Waals surface area contributed by atoms with Crippen LogP contribution in [0.25, 0.3) is 0 Å². The highest BCUT2D eigenvalue weighted by Crippen LogP contribution is 2.32. The quantitative estimate of drug-likeness (QED) is 0.855. The molecule has 0 aliphatic carbocycles. The standard InChI is InChI=1S/C12H20N2OS/c1-3-13-8-12(4-5-15-9-12)6-11-7-16-10(2)14-11/h7,13H,3-6,8-9H2,1-2H3. The molecule has 1 atom stereocenters. The van der Waals surface area contributed by atoms with E-state index in [4.69, 9.17) is 4.74 Å². The number of ether oxygens (including phenoxy) is 1. The van der Waals surface area contributed by atoms with E-state index in [1.54, 1.807) is 11.3 Å². The van der Waals surface area contributed by atoms with Gasteiger partial charge in [0.1, 0.15) is 0 Å². The van der Waals surface area contributed by atoms with Crippen LogP contribution in [0.5, 0.6) is 0 Å². The number of hydrogen-bond donors (Lipinski definition) is 1. The molecule has 16 heavy (non-hydrogen) atoms. The van der Waals surface area contributed by atoms with Crippen molar-refractivity contribution in [1.29, 1.82) is 0 Å². The maximum absolute atomic E-state index is 5.57. The Hall–Kier alpha value is -0.450. The molecule has 1 aromatic heterocycles. The lowest BCUT2D eigenvalue weighted by molar-refractivity contribution is 0.149. The summed E-state index contributed by atoms with van der Waals surface area (Å²) >= 11 is 1.74. The van der Waals surface area contributed by atoms with E-state index in [2.05, 4.69) is 29.5 Å². The summed E-state index contributed by atoms with van der Waals surface area (Å²) in [4.78, 5) is 4.56. The van der Waals surface area contributed by atoms with Crippen molar-refractivity contribution in [1.82, 2.24) is 10.3 Å². The largest absolute Gasteiger partial charge is 0.381 e. The van der Waals surface area contributed by atoms with E-state index < -0.39 is 0 Å². The van der Waals surface area contributed by atoms with Gasteiger partial charge in [-0.1, -0.05) is 6.92 Å². The third kappa shape index (κ3) is 2.81. The van der Waals surface area contributed by atoms with Crippen LogP contribution in [0, 0.1) is 12.3 Å². The molecule has 0 bridgehead atoms. The number of nitrogens with zero attached hydrogens (tertiary/aromatic N) is 1. The Morgan fingerprint density at radius 3 is 3.06 bits per heavy atom. The van der Waals surface area contributed by atoms with E-state index in [9.17, 15) is 0 Å². The minimum Gasteiger partial charge on any atom is -0.381 e. The first-order chi connectivity index (χ1) is 7.74. The van der Waals surface area contributed by atoms with Crippen molar-refractivity contribution in [3.05, 3.63) is 16.1 Å². The van der Waals surface area contributed by atoms with Crippen LogP contribution in [-0.4, -0.2) is 31.3 Å². The molecule has 0 aromatic carbocycles. The predicted molar refractivity (Wildman–Crippen MR) is 67.0 cm³/mol. The van der Waals surface area contributed by atoms with Crippen molar-refractivity contribution in [3.63, 3.8) is 0 Å². The fourth-order valence-corrected chi connectivity index (χ4v) is 2.87. The summed E-state index contributed by atoms with van der Waals surface area (Å²) in [5.41, 5.74) is 1.50. The Bertz CT molecular complexity index is 332. The molecule has 1 aliphatic heterocycles. The van der Waals surface area contributed by atoms with Gasteiger partial charge in [0.2, 0.25) is 0 Å². The van der Waals surface area contributed by atoms with Gasteiger partial charge in [-0.15, -0.1) is 11.3 Å². The van der Waals surface area contributed by atoms with Crippen LogP contribution in [0.4, 0.5) is 0 Å². The van der Waals surface area contributed by atoms with E-state index in [1.165, 1.54) is 5.69 Å². The number of rotatable bonds is 5. The van der Waals surface area contributed by atoms with Crippen LogP contribution < -0.4 is 5.32 Å². The number of aryl methyl sites for hydroxylation is 1. The number of thiazole rings is 1. The lowest BCUT2D eigenvalue weighted by Gasteiger charge is -2.26. The SMILES string of the molecule is CCNCC1(Cc2csc(C)n2)CCOC1. The van der Waals surface area contributed by atoms with Gasteiger partial charge < -0.3 is 10.1 Å². The summed E-state index contributed by atoms with van der Waals surface area (Å²) in [5.74, 6) is 0. The Morgan fingerprint density at radius 1 is 1.62 bits per heavy atom. The lowest BCUT2D eigenvalue weighted by Crippen LogP contribution is -2.36. The zero-order valence-corrected chi connectivity index (χ0v) is 10.9. The maximum atomic E-state index is 5.57. The second-order valence-electron chi connectivity index (χ2n) is 4.62. The smallest absolute Gasteiger partial charge is 0.0897 e. The van der Waals surface area contributed by atoms with E-state index in [0.29, 0.717) is 0 Å². The van der Waals surface area contributed by atoms with Gasteiger partial charge in [0.05, 0.1) is 17.3 Å². The summed E-state index contributed by atoms with van der Waals surface area (Å²) in [5, 5.41) is 6.80. The molecular weight excluding hydrogens is 220 g/mol. The van der Waals surface area contributed by atoms with Gasteiger partial charge >= 0.3 is 0 Å². The van der Waals surface area contributed by atoms with Crippen molar-refractivity contribution < 1.29 is 4.74 Å². The van der Waals surface area contributed by atoms with Gasteiger partial charge in [-0.2, -0.15) is 0 Å². The fraction of sp³-hybridized carbons (Fsp3) is 0.750. The summed E-state index contributed by atoms with van der Waals surface area (Å²) in [7, 11) is 0. The zero-order valence-electron chi connectivity index (χ0n) is 10.1. The lowest BCUT2D eigenvalue weighted by atomic mass is 9.82. The van der Waals surface area contributed by atoms with Crippen LogP contribution in [-0.2, 0) is 11.2 Å². The van der Waals surface area contributed by atoms with Gasteiger partial charge in [-0.3, -0.25) is 0 Å². The Balaban J connectivity index is 2.02. The highest BCUT2D eigenvalue weighted by Gasteiger charge is 2.35. The molecule has 0 saturated carbocycles. The molecule has 1 fully saturated rings. The van der Waals surface area contributed by atoms with Gasteiger partial charge in [0, 0.05) is 23.9 Å². The predicted octanol–water partition coefficient (Wildman–Crippen LogP) is 2.01. The molecule has 2 heterocycles. The number of hydrogen-bond acceptors (Lipinski definition) is 4. The van der Waals surface area contributed by atoms with E-state index >= 15 is 0 Å². The monoisotopic (exact) mass is 240 g/mol. The molecule has 1 aliphatic rings. The number of aromatic nitrogens is 1. The topological polar surface area (TPSA) is 34.2 Å². The van der Waals surface area contributed by atoms with Gasteiger partial charge in [-0.25, -0.2) is 4.98 Å². The minimum atomic E-state index is 0.274. The molecule has 3 nitrogen and oxygen atoms in total. The molecule has 0 radical (unpaired) electrons. The van der Waals surface area contributed by atoms with Crippen LogP contribution >= 0.6 is 11.3 Å². The highest BCUT2D eigenvalue weighted by molar-refractivity contribution is 7.09. The molecular formula is C12H20N2OS. The second-order valence-corrected chi connectivity index (χ2v) is 5.68. The Kier molecular flexibility index (Phi) is 3.95. The third-order valence-electron chi connectivity index (χ3n) is 3.16. The van der Waals surface area contributed by atoms with Crippen molar-refractivity contribution in [2.24, 2.45) is 5.41 Å². The highest BCUT2D eigenvalue weighted by atomic mass is 32.1. The van der Waals surface area contributed by atoms with E-state index in [1.807, 2.05) is 0 Å². The molecule has 1 saturated heterocycles. The Labute approximate surface area is 101 Å². The third-order valence-corrected chi connectivity index (χ3v) is 3.98. The first-order valence-electron chi connectivity index (χ1n) is 5.94. The molecule has 0 spiro atoms. The summed E-state index contributed by atoms with van der Waals surface area (Å²) < 4.78 is 5.57. The average Bonchev–Trinajstić information content (AvgIpc) is 2.87. The molecule has 2 rings (SSSR count). The van der Waals surface area contributed by atoms with Crippen LogP contribution in [0.3, 0.4) is 0 Å². The van der Waals surface area contributed by atoms with Gasteiger partial charge in [0.25, 0.3) is 0 Å². The van der Waals surface area contributed by atoms with Gasteiger partial charge in [-0.05, 0) is 26.3 Å². The molecule has 90 valence electrons. The van der Waals surface area contributed by atoms with Crippen molar-refractivity contribution in [3.8, 4) is 0 Å². The zero-order chi connectivity index (χ0) is 11.4. The first kappa shape index (κ1) is 12.0. The average molecular weight is 240 g/mol. The van der Waals surface area contributed by atoms with E-state index in [0.717, 1.165) is 44.2 Å². The molecule has 1 aromatic rings. The van der Waals surface area contributed by atoms with Crippen LogP contribution in [0.15, 0.2) is 5.38 Å². The summed E-state index contributed by atoms with van der Waals surface area (Å²) in [6.45, 7) is 8.05. The molecule has 0 amide bonds. The van der Waals surface area contributed by atoms with Crippen molar-refractivity contribution >= 4 is 11.3 Å². The normalized spacial score (nSPS) is 25.1. The summed E-state index contributed by atoms with van der Waals surface area (Å²) in [6, 6.07) is 0. The first-order valence-corrected chi connectivity index (χ1v) is 6.81.